The molecule has 138 valence electrons. The van der Waals surface area contributed by atoms with Gasteiger partial charge in [0.1, 0.15) is 0 Å². The van der Waals surface area contributed by atoms with Crippen molar-refractivity contribution in [3.63, 3.8) is 0 Å². The predicted molar refractivity (Wildman–Crippen MR) is 90.8 cm³/mol. The maximum Gasteiger partial charge on any atom is 0.542 e. The van der Waals surface area contributed by atoms with E-state index in [1.807, 2.05) is 0 Å². The largest absolute Gasteiger partial charge is 0.542 e. The Morgan fingerprint density at radius 2 is 1.26 bits per heavy atom. The smallest absolute Gasteiger partial charge is 0.432 e. The zero-order valence-electron chi connectivity index (χ0n) is 15.5. The number of carbonyl (C=O) groups excluding carboxylic acids is 1. The highest BCUT2D eigenvalue weighted by Gasteiger charge is 2.14. The molecule has 0 saturated carbocycles. The lowest BCUT2D eigenvalue weighted by Crippen LogP contribution is -2.21. The highest BCUT2D eigenvalue weighted by Crippen LogP contribution is 2.11. The summed E-state index contributed by atoms with van der Waals surface area (Å²) < 4.78 is 4.87. The van der Waals surface area contributed by atoms with Crippen molar-refractivity contribution >= 4 is 6.16 Å². The Morgan fingerprint density at radius 3 is 1.74 bits per heavy atom. The Morgan fingerprint density at radius 1 is 0.783 bits per heavy atom. The zero-order valence-corrected chi connectivity index (χ0v) is 15.5. The Balaban J connectivity index is 3.19. The van der Waals surface area contributed by atoms with E-state index in [-0.39, 0.29) is 0 Å². The Bertz CT molecular complexity index is 273. The molecule has 0 saturated heterocycles. The molecule has 0 aliphatic rings. The van der Waals surface area contributed by atoms with Crippen molar-refractivity contribution < 1.29 is 24.3 Å². The Labute approximate surface area is 141 Å². The van der Waals surface area contributed by atoms with Crippen LogP contribution >= 0.6 is 0 Å². The number of carbonyl (C=O) groups is 1. The lowest BCUT2D eigenvalue weighted by Gasteiger charge is -2.15. The van der Waals surface area contributed by atoms with Crippen molar-refractivity contribution in [3.05, 3.63) is 0 Å². The molecule has 0 atom stereocenters. The summed E-state index contributed by atoms with van der Waals surface area (Å²) in [6.07, 6.45) is 13.0. The topological polar surface area (TPSA) is 54.0 Å². The van der Waals surface area contributed by atoms with E-state index in [2.05, 4.69) is 16.8 Å². The second kappa shape index (κ2) is 14.8. The second-order valence-electron chi connectivity index (χ2n) is 6.98. The standard InChI is InChI=1S/C18H36O5/c1-5-6-7-8-9-10-11-12-13-14-15-16-20-17(19)21-23-22-18(2,3)4/h5-16H2,1-4H3. The summed E-state index contributed by atoms with van der Waals surface area (Å²) in [7, 11) is 0. The molecule has 0 aromatic rings. The molecule has 0 unspecified atom stereocenters. The molecule has 0 spiro atoms. The molecule has 0 amide bonds. The van der Waals surface area contributed by atoms with Crippen LogP contribution in [0.25, 0.3) is 0 Å². The first kappa shape index (κ1) is 22.2. The molecule has 5 heteroatoms. The summed E-state index contributed by atoms with van der Waals surface area (Å²) in [4.78, 5) is 20.3. The van der Waals surface area contributed by atoms with Gasteiger partial charge in [-0.1, -0.05) is 71.1 Å². The second-order valence-corrected chi connectivity index (χ2v) is 6.98. The minimum atomic E-state index is -0.860. The summed E-state index contributed by atoms with van der Waals surface area (Å²) in [6.45, 7) is 7.96. The molecule has 0 N–H and O–H groups in total. The van der Waals surface area contributed by atoms with Crippen LogP contribution in [-0.4, -0.2) is 18.4 Å². The quantitative estimate of drug-likeness (QED) is 0.166. The number of ether oxygens (including phenoxy) is 1. The van der Waals surface area contributed by atoms with E-state index < -0.39 is 11.8 Å². The molecule has 5 nitrogen and oxygen atoms in total. The van der Waals surface area contributed by atoms with Crippen LogP contribution in [0.1, 0.15) is 98.3 Å². The number of hydrogen-bond acceptors (Lipinski definition) is 5. The lowest BCUT2D eigenvalue weighted by atomic mass is 10.1. The van der Waals surface area contributed by atoms with Crippen molar-refractivity contribution in [1.82, 2.24) is 0 Å². The van der Waals surface area contributed by atoms with Gasteiger partial charge in [0.25, 0.3) is 0 Å². The third-order valence-electron chi connectivity index (χ3n) is 3.35. The molecule has 0 radical (unpaired) electrons. The van der Waals surface area contributed by atoms with E-state index in [0.717, 1.165) is 12.8 Å². The van der Waals surface area contributed by atoms with Crippen LogP contribution in [0.15, 0.2) is 0 Å². The molecule has 23 heavy (non-hydrogen) atoms. The van der Waals surface area contributed by atoms with Gasteiger partial charge in [-0.15, -0.1) is 0 Å². The molecular weight excluding hydrogens is 296 g/mol. The molecule has 0 aromatic carbocycles. The third-order valence-corrected chi connectivity index (χ3v) is 3.35. The van der Waals surface area contributed by atoms with Gasteiger partial charge in [-0.05, 0) is 32.2 Å². The zero-order chi connectivity index (χ0) is 17.4. The average molecular weight is 332 g/mol. The average Bonchev–Trinajstić information content (AvgIpc) is 2.47. The molecule has 0 rings (SSSR count). The van der Waals surface area contributed by atoms with Crippen LogP contribution in [0.3, 0.4) is 0 Å². The van der Waals surface area contributed by atoms with E-state index in [4.69, 9.17) is 9.62 Å². The fraction of sp³-hybridized carbons (Fsp3) is 0.944. The van der Waals surface area contributed by atoms with Crippen LogP contribution < -0.4 is 0 Å². The number of rotatable bonds is 14. The Kier molecular flexibility index (Phi) is 14.2. The molecule has 0 fully saturated rings. The van der Waals surface area contributed by atoms with Gasteiger partial charge in [-0.2, -0.15) is 4.89 Å². The maximum atomic E-state index is 11.2. The Hall–Kier alpha value is -0.810. The first-order valence-corrected chi connectivity index (χ1v) is 9.15. The van der Waals surface area contributed by atoms with Crippen molar-refractivity contribution in [2.45, 2.75) is 104 Å². The van der Waals surface area contributed by atoms with E-state index in [1.54, 1.807) is 20.8 Å². The summed E-state index contributed by atoms with van der Waals surface area (Å²) in [5.74, 6) is 0. The van der Waals surface area contributed by atoms with E-state index >= 15 is 0 Å². The van der Waals surface area contributed by atoms with Crippen LogP contribution in [0.5, 0.6) is 0 Å². The van der Waals surface area contributed by atoms with Gasteiger partial charge in [0, 0.05) is 0 Å². The van der Waals surface area contributed by atoms with Gasteiger partial charge >= 0.3 is 6.16 Å². The maximum absolute atomic E-state index is 11.2. The summed E-state index contributed by atoms with van der Waals surface area (Å²) in [5, 5.41) is 4.34. The van der Waals surface area contributed by atoms with Crippen molar-refractivity contribution in [2.75, 3.05) is 6.61 Å². The number of hydrogen-bond donors (Lipinski definition) is 0. The molecular formula is C18H36O5. The fourth-order valence-corrected chi connectivity index (χ4v) is 2.09. The van der Waals surface area contributed by atoms with Gasteiger partial charge in [0.2, 0.25) is 0 Å². The van der Waals surface area contributed by atoms with E-state index in [9.17, 15) is 4.79 Å². The minimum Gasteiger partial charge on any atom is -0.432 e. The highest BCUT2D eigenvalue weighted by molar-refractivity contribution is 5.58. The number of unbranched alkanes of at least 4 members (excludes halogenated alkanes) is 10. The highest BCUT2D eigenvalue weighted by atomic mass is 17.5. The summed E-state index contributed by atoms with van der Waals surface area (Å²) in [6, 6.07) is 0. The summed E-state index contributed by atoms with van der Waals surface area (Å²) in [5.41, 5.74) is -0.531. The van der Waals surface area contributed by atoms with E-state index in [0.29, 0.717) is 6.61 Å². The van der Waals surface area contributed by atoms with Gasteiger partial charge in [-0.25, -0.2) is 9.68 Å². The first-order chi connectivity index (χ1) is 11.0. The van der Waals surface area contributed by atoms with Gasteiger partial charge < -0.3 is 4.74 Å². The van der Waals surface area contributed by atoms with Crippen LogP contribution in [-0.2, 0) is 19.6 Å². The SMILES string of the molecule is CCCCCCCCCCCCCOC(=O)OOOC(C)(C)C. The molecule has 0 bridgehead atoms. The minimum absolute atomic E-state index is 0.356. The fourth-order valence-electron chi connectivity index (χ4n) is 2.09. The lowest BCUT2D eigenvalue weighted by molar-refractivity contribution is -0.514. The normalized spacial score (nSPS) is 11.5. The van der Waals surface area contributed by atoms with Crippen molar-refractivity contribution in [3.8, 4) is 0 Å². The predicted octanol–water partition coefficient (Wildman–Crippen LogP) is 6.11. The molecule has 0 heterocycles. The third kappa shape index (κ3) is 19.1. The molecule has 0 aliphatic carbocycles. The first-order valence-electron chi connectivity index (χ1n) is 9.15. The monoisotopic (exact) mass is 332 g/mol. The van der Waals surface area contributed by atoms with Gasteiger partial charge in [0.05, 0.1) is 12.2 Å². The van der Waals surface area contributed by atoms with Gasteiger partial charge in [0.15, 0.2) is 0 Å². The molecule has 0 aliphatic heterocycles. The van der Waals surface area contributed by atoms with Crippen LogP contribution in [0.4, 0.5) is 4.79 Å². The van der Waals surface area contributed by atoms with Crippen molar-refractivity contribution in [2.24, 2.45) is 0 Å². The van der Waals surface area contributed by atoms with Crippen LogP contribution in [0, 0.1) is 0 Å². The van der Waals surface area contributed by atoms with Gasteiger partial charge in [-0.3, -0.25) is 0 Å². The van der Waals surface area contributed by atoms with Crippen LogP contribution in [0.2, 0.25) is 0 Å². The summed E-state index contributed by atoms with van der Waals surface area (Å²) >= 11 is 0. The van der Waals surface area contributed by atoms with E-state index in [1.165, 1.54) is 57.8 Å². The van der Waals surface area contributed by atoms with Crippen molar-refractivity contribution in [1.29, 1.82) is 0 Å². The molecule has 0 aromatic heterocycles.